The molecule has 1 aliphatic rings. The molecule has 0 radical (unpaired) electrons. The monoisotopic (exact) mass is 302 g/mol. The first kappa shape index (κ1) is 16.7. The Morgan fingerprint density at radius 1 is 1.32 bits per heavy atom. The van der Waals surface area contributed by atoms with Crippen molar-refractivity contribution in [2.75, 3.05) is 19.6 Å². The van der Waals surface area contributed by atoms with E-state index in [1.807, 2.05) is 18.2 Å². The van der Waals surface area contributed by atoms with Gasteiger partial charge in [0.05, 0.1) is 0 Å². The highest BCUT2D eigenvalue weighted by Gasteiger charge is 2.23. The molecule has 1 fully saturated rings. The molecule has 0 aromatic heterocycles. The van der Waals surface area contributed by atoms with Gasteiger partial charge in [-0.1, -0.05) is 42.0 Å². The third kappa shape index (κ3) is 4.97. The third-order valence-corrected chi connectivity index (χ3v) is 4.06. The summed E-state index contributed by atoms with van der Waals surface area (Å²) in [6.07, 6.45) is 3.02. The highest BCUT2D eigenvalue weighted by Crippen LogP contribution is 2.15. The van der Waals surface area contributed by atoms with Gasteiger partial charge in [-0.3, -0.25) is 9.69 Å². The quantitative estimate of drug-likeness (QED) is 0.820. The SMILES string of the molecule is CC(C)=CCN1CCC(NC(=O)[C@H](O)c2ccccc2)CC1. The lowest BCUT2D eigenvalue weighted by Gasteiger charge is -2.32. The number of benzene rings is 1. The number of nitrogens with zero attached hydrogens (tertiary/aromatic N) is 1. The van der Waals surface area contributed by atoms with E-state index in [4.69, 9.17) is 0 Å². The summed E-state index contributed by atoms with van der Waals surface area (Å²) in [7, 11) is 0. The van der Waals surface area contributed by atoms with E-state index in [0.717, 1.165) is 32.5 Å². The van der Waals surface area contributed by atoms with Crippen molar-refractivity contribution in [3.63, 3.8) is 0 Å². The lowest BCUT2D eigenvalue weighted by Crippen LogP contribution is -2.46. The van der Waals surface area contributed by atoms with Crippen molar-refractivity contribution in [3.8, 4) is 0 Å². The molecule has 22 heavy (non-hydrogen) atoms. The molecule has 0 aliphatic carbocycles. The number of hydrogen-bond acceptors (Lipinski definition) is 3. The first-order chi connectivity index (χ1) is 10.6. The Labute approximate surface area is 132 Å². The van der Waals surface area contributed by atoms with Gasteiger partial charge in [0.15, 0.2) is 6.10 Å². The Kier molecular flexibility index (Phi) is 6.16. The molecule has 0 bridgehead atoms. The van der Waals surface area contributed by atoms with Gasteiger partial charge in [-0.15, -0.1) is 0 Å². The van der Waals surface area contributed by atoms with Crippen LogP contribution in [0.2, 0.25) is 0 Å². The fourth-order valence-corrected chi connectivity index (χ4v) is 2.64. The summed E-state index contributed by atoms with van der Waals surface area (Å²) in [6.45, 7) is 7.16. The normalized spacial score (nSPS) is 17.8. The van der Waals surface area contributed by atoms with Crippen LogP contribution >= 0.6 is 0 Å². The Bertz CT molecular complexity index is 501. The van der Waals surface area contributed by atoms with Crippen molar-refractivity contribution in [2.45, 2.75) is 38.8 Å². The summed E-state index contributed by atoms with van der Waals surface area (Å²) >= 11 is 0. The minimum Gasteiger partial charge on any atom is -0.378 e. The molecule has 1 saturated heterocycles. The summed E-state index contributed by atoms with van der Waals surface area (Å²) in [6, 6.07) is 9.23. The van der Waals surface area contributed by atoms with Gasteiger partial charge in [0.1, 0.15) is 0 Å². The van der Waals surface area contributed by atoms with E-state index in [1.54, 1.807) is 12.1 Å². The van der Waals surface area contributed by atoms with Crippen molar-refractivity contribution < 1.29 is 9.90 Å². The average Bonchev–Trinajstić information content (AvgIpc) is 2.54. The molecular weight excluding hydrogens is 276 g/mol. The molecule has 0 unspecified atom stereocenters. The van der Waals surface area contributed by atoms with E-state index in [0.29, 0.717) is 5.56 Å². The number of carbonyl (C=O) groups is 1. The van der Waals surface area contributed by atoms with Gasteiger partial charge in [0.2, 0.25) is 0 Å². The van der Waals surface area contributed by atoms with Crippen LogP contribution in [0.1, 0.15) is 38.4 Å². The number of amides is 1. The van der Waals surface area contributed by atoms with Gasteiger partial charge >= 0.3 is 0 Å². The zero-order valence-corrected chi connectivity index (χ0v) is 13.5. The van der Waals surface area contributed by atoms with Crippen molar-refractivity contribution in [3.05, 3.63) is 47.5 Å². The first-order valence-electron chi connectivity index (χ1n) is 7.95. The van der Waals surface area contributed by atoms with Crippen molar-refractivity contribution in [1.29, 1.82) is 0 Å². The predicted octanol–water partition coefficient (Wildman–Crippen LogP) is 2.27. The van der Waals surface area contributed by atoms with Crippen LogP contribution in [0.3, 0.4) is 0 Å². The number of piperidine rings is 1. The summed E-state index contributed by atoms with van der Waals surface area (Å²) < 4.78 is 0. The number of allylic oxidation sites excluding steroid dienone is 1. The number of likely N-dealkylation sites (tertiary alicyclic amines) is 1. The molecule has 1 aliphatic heterocycles. The second kappa shape index (κ2) is 8.11. The lowest BCUT2D eigenvalue weighted by molar-refractivity contribution is -0.130. The molecule has 4 nitrogen and oxygen atoms in total. The zero-order chi connectivity index (χ0) is 15.9. The molecule has 1 atom stereocenters. The van der Waals surface area contributed by atoms with Crippen LogP contribution in [0, 0.1) is 0 Å². The van der Waals surface area contributed by atoms with E-state index in [2.05, 4.69) is 30.1 Å². The third-order valence-electron chi connectivity index (χ3n) is 4.06. The minimum absolute atomic E-state index is 0.161. The smallest absolute Gasteiger partial charge is 0.253 e. The van der Waals surface area contributed by atoms with E-state index in [1.165, 1.54) is 5.57 Å². The Morgan fingerprint density at radius 2 is 1.95 bits per heavy atom. The summed E-state index contributed by atoms with van der Waals surface area (Å²) in [5.41, 5.74) is 1.97. The number of aliphatic hydroxyl groups is 1. The molecule has 0 saturated carbocycles. The number of rotatable bonds is 5. The fraction of sp³-hybridized carbons (Fsp3) is 0.500. The maximum Gasteiger partial charge on any atom is 0.253 e. The van der Waals surface area contributed by atoms with Crippen LogP contribution in [-0.2, 0) is 4.79 Å². The Hall–Kier alpha value is -1.65. The Balaban J connectivity index is 1.78. The van der Waals surface area contributed by atoms with Crippen LogP contribution in [0.5, 0.6) is 0 Å². The van der Waals surface area contributed by atoms with E-state index in [-0.39, 0.29) is 11.9 Å². The molecule has 1 aromatic carbocycles. The van der Waals surface area contributed by atoms with E-state index < -0.39 is 6.10 Å². The minimum atomic E-state index is -1.08. The predicted molar refractivity (Wildman–Crippen MR) is 88.4 cm³/mol. The molecule has 2 rings (SSSR count). The standard InChI is InChI=1S/C18H26N2O2/c1-14(2)8-11-20-12-9-16(10-13-20)19-18(22)17(21)15-6-4-3-5-7-15/h3-8,16-17,21H,9-13H2,1-2H3,(H,19,22)/t17-/m1/s1. The molecule has 120 valence electrons. The lowest BCUT2D eigenvalue weighted by atomic mass is 10.0. The van der Waals surface area contributed by atoms with Crippen molar-refractivity contribution in [2.24, 2.45) is 0 Å². The van der Waals surface area contributed by atoms with Crippen LogP contribution < -0.4 is 5.32 Å². The van der Waals surface area contributed by atoms with Crippen LogP contribution in [0.25, 0.3) is 0 Å². The van der Waals surface area contributed by atoms with Crippen LogP contribution in [0.4, 0.5) is 0 Å². The fourth-order valence-electron chi connectivity index (χ4n) is 2.64. The highest BCUT2D eigenvalue weighted by molar-refractivity contribution is 5.82. The summed E-state index contributed by atoms with van der Waals surface area (Å²) in [5.74, 6) is -0.297. The molecule has 1 heterocycles. The number of carbonyl (C=O) groups excluding carboxylic acids is 1. The molecule has 4 heteroatoms. The molecule has 1 aromatic rings. The largest absolute Gasteiger partial charge is 0.378 e. The Morgan fingerprint density at radius 3 is 2.55 bits per heavy atom. The van der Waals surface area contributed by atoms with Crippen molar-refractivity contribution in [1.82, 2.24) is 10.2 Å². The summed E-state index contributed by atoms with van der Waals surface area (Å²) in [4.78, 5) is 14.5. The van der Waals surface area contributed by atoms with Gasteiger partial charge in [-0.05, 0) is 32.3 Å². The average molecular weight is 302 g/mol. The first-order valence-corrected chi connectivity index (χ1v) is 7.95. The second-order valence-electron chi connectivity index (χ2n) is 6.18. The van der Waals surface area contributed by atoms with Crippen LogP contribution in [0.15, 0.2) is 42.0 Å². The van der Waals surface area contributed by atoms with Gasteiger partial charge in [0, 0.05) is 25.7 Å². The second-order valence-corrected chi connectivity index (χ2v) is 6.18. The number of aliphatic hydroxyl groups excluding tert-OH is 1. The maximum atomic E-state index is 12.1. The maximum absolute atomic E-state index is 12.1. The van der Waals surface area contributed by atoms with Gasteiger partial charge in [0.25, 0.3) is 5.91 Å². The topological polar surface area (TPSA) is 52.6 Å². The molecule has 2 N–H and O–H groups in total. The van der Waals surface area contributed by atoms with E-state index >= 15 is 0 Å². The zero-order valence-electron chi connectivity index (χ0n) is 13.5. The van der Waals surface area contributed by atoms with Gasteiger partial charge < -0.3 is 10.4 Å². The van der Waals surface area contributed by atoms with Gasteiger partial charge in [-0.25, -0.2) is 0 Å². The molecular formula is C18H26N2O2. The highest BCUT2D eigenvalue weighted by atomic mass is 16.3. The molecule has 1 amide bonds. The number of nitrogens with one attached hydrogen (secondary N) is 1. The van der Waals surface area contributed by atoms with Crippen molar-refractivity contribution >= 4 is 5.91 Å². The molecule has 0 spiro atoms. The van der Waals surface area contributed by atoms with E-state index in [9.17, 15) is 9.90 Å². The van der Waals surface area contributed by atoms with Gasteiger partial charge in [-0.2, -0.15) is 0 Å². The van der Waals surface area contributed by atoms with Crippen LogP contribution in [-0.4, -0.2) is 41.6 Å². The number of hydrogen-bond donors (Lipinski definition) is 2. The summed E-state index contributed by atoms with van der Waals surface area (Å²) in [5, 5.41) is 13.1.